The van der Waals surface area contributed by atoms with Crippen LogP contribution in [0.15, 0.2) is 12.1 Å². The number of aliphatic hydroxyl groups excluding tert-OH is 1. The van der Waals surface area contributed by atoms with Gasteiger partial charge in [-0.2, -0.15) is 0 Å². The monoisotopic (exact) mass is 234 g/mol. The average molecular weight is 235 g/mol. The van der Waals surface area contributed by atoms with Gasteiger partial charge in [0.1, 0.15) is 0 Å². The molecule has 3 nitrogen and oxygen atoms in total. The number of halogens is 2. The van der Waals surface area contributed by atoms with Gasteiger partial charge in [-0.3, -0.25) is 0 Å². The maximum atomic E-state index is 10.5. The summed E-state index contributed by atoms with van der Waals surface area (Å²) >= 11 is 11.5. The maximum Gasteiger partial charge on any atom is 0.337 e. The van der Waals surface area contributed by atoms with Crippen molar-refractivity contribution in [2.24, 2.45) is 0 Å². The highest BCUT2D eigenvalue weighted by molar-refractivity contribution is 6.42. The fourth-order valence-corrected chi connectivity index (χ4v) is 1.47. The van der Waals surface area contributed by atoms with Crippen LogP contribution >= 0.6 is 23.2 Å². The molecule has 0 bridgehead atoms. The van der Waals surface area contributed by atoms with Crippen molar-refractivity contribution < 1.29 is 15.0 Å². The van der Waals surface area contributed by atoms with Gasteiger partial charge in [-0.15, -0.1) is 0 Å². The number of carbonyl (C=O) groups is 1. The van der Waals surface area contributed by atoms with Crippen LogP contribution in [0.3, 0.4) is 0 Å². The lowest BCUT2D eigenvalue weighted by Gasteiger charge is -2.11. The number of rotatable bonds is 2. The molecule has 0 saturated carbocycles. The number of hydrogen-bond donors (Lipinski definition) is 2. The van der Waals surface area contributed by atoms with E-state index in [2.05, 4.69) is 0 Å². The molecule has 0 heterocycles. The Bertz CT molecular complexity index is 377. The van der Waals surface area contributed by atoms with Crippen molar-refractivity contribution in [3.8, 4) is 0 Å². The van der Waals surface area contributed by atoms with Crippen molar-refractivity contribution in [2.45, 2.75) is 13.0 Å². The first-order valence-electron chi connectivity index (χ1n) is 3.80. The topological polar surface area (TPSA) is 57.5 Å². The van der Waals surface area contributed by atoms with Gasteiger partial charge in [-0.05, 0) is 24.1 Å². The summed E-state index contributed by atoms with van der Waals surface area (Å²) in [5.41, 5.74) is 0.737. The third-order valence-electron chi connectivity index (χ3n) is 1.91. The van der Waals surface area contributed by atoms with E-state index in [0.717, 1.165) is 0 Å². The minimum atomic E-state index is -1.57. The second-order valence-corrected chi connectivity index (χ2v) is 3.60. The molecule has 76 valence electrons. The van der Waals surface area contributed by atoms with Gasteiger partial charge in [-0.1, -0.05) is 29.3 Å². The van der Waals surface area contributed by atoms with Crippen molar-refractivity contribution in [3.05, 3.63) is 33.3 Å². The number of carboxylic acids is 1. The molecule has 0 amide bonds. The Morgan fingerprint density at radius 3 is 2.50 bits per heavy atom. The van der Waals surface area contributed by atoms with Gasteiger partial charge >= 0.3 is 5.97 Å². The second-order valence-electron chi connectivity index (χ2n) is 2.82. The van der Waals surface area contributed by atoms with Crippen molar-refractivity contribution >= 4 is 29.2 Å². The maximum absolute atomic E-state index is 10.5. The molecule has 0 spiro atoms. The molecule has 0 aromatic heterocycles. The van der Waals surface area contributed by atoms with Crippen molar-refractivity contribution in [3.63, 3.8) is 0 Å². The summed E-state index contributed by atoms with van der Waals surface area (Å²) in [7, 11) is 0. The molecular weight excluding hydrogens is 227 g/mol. The zero-order chi connectivity index (χ0) is 10.9. The summed E-state index contributed by atoms with van der Waals surface area (Å²) in [6.45, 7) is 1.61. The highest BCUT2D eigenvalue weighted by atomic mass is 35.5. The number of aliphatic hydroxyl groups is 1. The Kier molecular flexibility index (Phi) is 3.37. The average Bonchev–Trinajstić information content (AvgIpc) is 2.13. The number of aliphatic carboxylic acids is 1. The van der Waals surface area contributed by atoms with E-state index < -0.39 is 12.1 Å². The molecule has 0 radical (unpaired) electrons. The van der Waals surface area contributed by atoms with E-state index >= 15 is 0 Å². The highest BCUT2D eigenvalue weighted by Gasteiger charge is 2.19. The Morgan fingerprint density at radius 1 is 1.43 bits per heavy atom. The Hall–Kier alpha value is -0.770. The van der Waals surface area contributed by atoms with Crippen LogP contribution in [-0.4, -0.2) is 16.2 Å². The first-order valence-corrected chi connectivity index (χ1v) is 4.56. The van der Waals surface area contributed by atoms with Gasteiger partial charge in [0.2, 0.25) is 0 Å². The van der Waals surface area contributed by atoms with E-state index in [1.807, 2.05) is 0 Å². The van der Waals surface area contributed by atoms with E-state index in [1.54, 1.807) is 6.92 Å². The van der Waals surface area contributed by atoms with Gasteiger partial charge < -0.3 is 10.2 Å². The van der Waals surface area contributed by atoms with Crippen LogP contribution in [0.2, 0.25) is 10.0 Å². The minimum absolute atomic E-state index is 0.256. The SMILES string of the molecule is Cc1c([C@@H](O)C(=O)O)ccc(Cl)c1Cl. The van der Waals surface area contributed by atoms with Gasteiger partial charge in [0.15, 0.2) is 6.10 Å². The lowest BCUT2D eigenvalue weighted by atomic mass is 10.0. The molecule has 1 atom stereocenters. The van der Waals surface area contributed by atoms with Crippen LogP contribution in [0, 0.1) is 6.92 Å². The van der Waals surface area contributed by atoms with Gasteiger partial charge in [0, 0.05) is 0 Å². The standard InChI is InChI=1S/C9H8Cl2O3/c1-4-5(8(12)9(13)14)2-3-6(10)7(4)11/h2-3,8,12H,1H3,(H,13,14)/t8-/m1/s1. The Balaban J connectivity index is 3.24. The van der Waals surface area contributed by atoms with Crippen LogP contribution in [0.5, 0.6) is 0 Å². The lowest BCUT2D eigenvalue weighted by Crippen LogP contribution is -2.11. The third kappa shape index (κ3) is 2.00. The normalized spacial score (nSPS) is 12.6. The van der Waals surface area contributed by atoms with Crippen LogP contribution < -0.4 is 0 Å². The van der Waals surface area contributed by atoms with Crippen LogP contribution in [0.1, 0.15) is 17.2 Å². The fraction of sp³-hybridized carbons (Fsp3) is 0.222. The molecule has 0 aliphatic carbocycles. The Morgan fingerprint density at radius 2 is 2.00 bits per heavy atom. The Labute approximate surface area is 90.9 Å². The zero-order valence-corrected chi connectivity index (χ0v) is 8.80. The predicted octanol–water partition coefficient (Wildman–Crippen LogP) is 2.42. The molecule has 0 aliphatic rings. The number of benzene rings is 1. The van der Waals surface area contributed by atoms with Crippen molar-refractivity contribution in [2.75, 3.05) is 0 Å². The third-order valence-corrected chi connectivity index (χ3v) is 2.81. The molecule has 0 fully saturated rings. The molecule has 14 heavy (non-hydrogen) atoms. The molecule has 0 aliphatic heterocycles. The van der Waals surface area contributed by atoms with Crippen molar-refractivity contribution in [1.29, 1.82) is 0 Å². The second kappa shape index (κ2) is 4.17. The van der Waals surface area contributed by atoms with Crippen LogP contribution in [-0.2, 0) is 4.79 Å². The molecule has 1 aromatic rings. The molecule has 1 aromatic carbocycles. The van der Waals surface area contributed by atoms with E-state index in [9.17, 15) is 9.90 Å². The fourth-order valence-electron chi connectivity index (χ4n) is 1.10. The molecular formula is C9H8Cl2O3. The zero-order valence-electron chi connectivity index (χ0n) is 7.29. The summed E-state index contributed by atoms with van der Waals surface area (Å²) in [6, 6.07) is 2.90. The molecule has 1 rings (SSSR count). The predicted molar refractivity (Wildman–Crippen MR) is 53.8 cm³/mol. The largest absolute Gasteiger partial charge is 0.479 e. The van der Waals surface area contributed by atoms with E-state index in [-0.39, 0.29) is 10.6 Å². The van der Waals surface area contributed by atoms with E-state index in [0.29, 0.717) is 10.6 Å². The molecule has 0 saturated heterocycles. The summed E-state index contributed by atoms with van der Waals surface area (Å²) in [6.07, 6.45) is -1.57. The molecule has 5 heteroatoms. The highest BCUT2D eigenvalue weighted by Crippen LogP contribution is 2.30. The summed E-state index contributed by atoms with van der Waals surface area (Å²) < 4.78 is 0. The lowest BCUT2D eigenvalue weighted by molar-refractivity contribution is -0.147. The molecule has 2 N–H and O–H groups in total. The van der Waals surface area contributed by atoms with Crippen molar-refractivity contribution in [1.82, 2.24) is 0 Å². The smallest absolute Gasteiger partial charge is 0.337 e. The van der Waals surface area contributed by atoms with Gasteiger partial charge in [0.25, 0.3) is 0 Å². The summed E-state index contributed by atoms with van der Waals surface area (Å²) in [5.74, 6) is -1.31. The van der Waals surface area contributed by atoms with Gasteiger partial charge in [0.05, 0.1) is 10.0 Å². The first-order chi connectivity index (χ1) is 6.45. The number of carboxylic acid groups (broad SMARTS) is 1. The molecule has 0 unspecified atom stereocenters. The summed E-state index contributed by atoms with van der Waals surface area (Å²) in [4.78, 5) is 10.5. The van der Waals surface area contributed by atoms with E-state index in [4.69, 9.17) is 28.3 Å². The van der Waals surface area contributed by atoms with E-state index in [1.165, 1.54) is 12.1 Å². The quantitative estimate of drug-likeness (QED) is 0.827. The minimum Gasteiger partial charge on any atom is -0.479 e. The van der Waals surface area contributed by atoms with Crippen LogP contribution in [0.25, 0.3) is 0 Å². The first kappa shape index (κ1) is 11.3. The van der Waals surface area contributed by atoms with Crippen LogP contribution in [0.4, 0.5) is 0 Å². The summed E-state index contributed by atoms with van der Waals surface area (Å²) in [5, 5.41) is 18.5. The number of hydrogen-bond acceptors (Lipinski definition) is 2. The van der Waals surface area contributed by atoms with Gasteiger partial charge in [-0.25, -0.2) is 4.79 Å².